The number of aliphatic hydroxyl groups is 9. The van der Waals surface area contributed by atoms with Crippen LogP contribution >= 0.6 is 75.5 Å². The van der Waals surface area contributed by atoms with E-state index in [1.165, 1.54) is 0 Å². The van der Waals surface area contributed by atoms with E-state index in [-0.39, 0.29) is 18.3 Å². The lowest BCUT2D eigenvalue weighted by Gasteiger charge is -2.27. The summed E-state index contributed by atoms with van der Waals surface area (Å²) in [6, 6.07) is 0. The minimum atomic E-state index is -5.84. The molecule has 0 amide bonds. The highest BCUT2D eigenvalue weighted by Crippen LogP contribution is 2.80. The van der Waals surface area contributed by atoms with E-state index in [2.05, 4.69) is 35.1 Å². The Bertz CT molecular complexity index is 5010. The van der Waals surface area contributed by atoms with Gasteiger partial charge in [0.05, 0.1) is 48.7 Å². The molecule has 50 nitrogen and oxygen atoms in total. The highest BCUT2D eigenvalue weighted by atomic mass is 35.9. The molecule has 71 heteroatoms. The van der Waals surface area contributed by atoms with Gasteiger partial charge >= 0.3 is 100 Å². The van der Waals surface area contributed by atoms with Crippen LogP contribution in [-0.2, 0) is 112 Å². The zero-order valence-corrected chi connectivity index (χ0v) is 62.9. The molecular weight excluding hydrogens is 1830 g/mol. The van der Waals surface area contributed by atoms with Gasteiger partial charge in [-0.2, -0.15) is 74.2 Å². The molecule has 9 rings (SSSR count). The second-order valence-electron chi connectivity index (χ2n) is 23.4. The monoisotopic (exact) mass is 1880 g/mol. The number of hydrogen-bond donors (Lipinski definition) is 19. The summed E-state index contributed by atoms with van der Waals surface area (Å²) in [6.45, 7) is -10.6. The fraction of sp³-hybridized carbons (Fsp3) is 0.636. The molecule has 5 aliphatic heterocycles. The summed E-state index contributed by atoms with van der Waals surface area (Å²) < 4.78 is 283. The summed E-state index contributed by atoms with van der Waals surface area (Å²) in [5, 5.41) is 88.6. The predicted molar refractivity (Wildman–Crippen MR) is 337 cm³/mol. The molecule has 20 atom stereocenters. The van der Waals surface area contributed by atoms with Crippen LogP contribution < -0.4 is 45.0 Å². The van der Waals surface area contributed by atoms with Crippen LogP contribution in [0, 0.1) is 0 Å². The molecule has 5 saturated heterocycles. The third kappa shape index (κ3) is 28.6. The maximum atomic E-state index is 12.6. The molecule has 5 aliphatic rings. The van der Waals surface area contributed by atoms with Gasteiger partial charge in [0, 0.05) is 24.8 Å². The molecule has 9 heterocycles. The van der Waals surface area contributed by atoms with Gasteiger partial charge < -0.3 is 98.8 Å². The Kier molecular flexibility index (Phi) is 31.9. The first-order valence-electron chi connectivity index (χ1n) is 29.8. The zero-order valence-electron chi connectivity index (χ0n) is 55.1. The molecule has 5 fully saturated rings. The number of ether oxygens (including phenoxy) is 4. The molecule has 4 aromatic heterocycles. The molecule has 0 aliphatic carbocycles. The predicted octanol–water partition coefficient (Wildman–Crippen LogP) is -2.63. The van der Waals surface area contributed by atoms with E-state index >= 15 is 0 Å². The summed E-state index contributed by atoms with van der Waals surface area (Å²) in [4.78, 5) is 154. The van der Waals surface area contributed by atoms with Crippen molar-refractivity contribution in [3.05, 3.63) is 130 Å². The van der Waals surface area contributed by atoms with Gasteiger partial charge in [-0.1, -0.05) is 0 Å². The van der Waals surface area contributed by atoms with E-state index in [1.54, 1.807) is 19.9 Å². The Balaban J connectivity index is 0.000000242. The number of aromatic amines is 4. The summed E-state index contributed by atoms with van der Waals surface area (Å²) >= 11 is 10.3. The van der Waals surface area contributed by atoms with Crippen molar-refractivity contribution >= 4 is 75.5 Å². The number of aliphatic hydroxyl groups excluding tert-OH is 9. The summed E-state index contributed by atoms with van der Waals surface area (Å²) in [6.07, 6.45) is -48.3. The Morgan fingerprint density at radius 3 is 0.922 bits per heavy atom. The fourth-order valence-corrected chi connectivity index (χ4v) is 18.6. The van der Waals surface area contributed by atoms with Crippen molar-refractivity contribution in [3.8, 4) is 0 Å². The van der Waals surface area contributed by atoms with Crippen LogP contribution in [0.4, 0.5) is 52.7 Å². The highest BCUT2D eigenvalue weighted by Gasteiger charge is 2.56. The van der Waals surface area contributed by atoms with Crippen LogP contribution in [0.5, 0.6) is 0 Å². The minimum Gasteiger partial charge on any atom is -0.394 e. The quantitative estimate of drug-likeness (QED) is 0.0283. The molecule has 8 unspecified atom stereocenters. The molecule has 0 radical (unpaired) electrons. The molecule has 656 valence electrons. The SMILES string of the molecule is O=c1[nH]c(=O)n(CC(F)(F)F)cc1[C@@H]1O[C@H](CO)C(O)[C@@H]1O.O=c1[nH]c(=O)n(CC(F)(F)F)cc1[C@@H]1O[C@H](COP(=O)(Cl)Cl)C(O)[C@@H]1O.O=c1[nH]c(=O)n(CC(F)(F)F)cc1[C@@H]1O[C@H](COP(=O)(O)OP(=O)(O)OP(=O)(O)O)C(O)[C@@H]1O.O=c1[nH]c(=O)n(CC(F)(F)F)cc1[C@@H]1O[C@H](COP2(=O)OP(=O)(O)OP(=O)(O)O2)C(O)[C@@H]1O. The number of nitrogens with zero attached hydrogens (tertiary/aromatic N) is 4. The van der Waals surface area contributed by atoms with Gasteiger partial charge in [0.15, 0.2) is 0 Å². The summed E-state index contributed by atoms with van der Waals surface area (Å²) in [5.74, 6) is 0. The van der Waals surface area contributed by atoms with Crippen LogP contribution in [0.1, 0.15) is 46.7 Å². The number of hydrogen-bond acceptors (Lipinski definition) is 36. The van der Waals surface area contributed by atoms with Gasteiger partial charge in [0.1, 0.15) is 124 Å². The third-order valence-corrected chi connectivity index (χ3v) is 24.8. The number of phosphoric ester groups is 1. The Morgan fingerprint density at radius 2 is 0.670 bits per heavy atom. The maximum Gasteiger partial charge on any atom is 0.492 e. The number of aromatic nitrogens is 8. The van der Waals surface area contributed by atoms with Crippen molar-refractivity contribution in [1.29, 1.82) is 0 Å². The number of H-pyrrole nitrogens is 4. The molecular formula is C44H55Cl2F12N8O42P7. The molecule has 115 heavy (non-hydrogen) atoms. The van der Waals surface area contributed by atoms with Crippen molar-refractivity contribution in [2.45, 2.75) is 149 Å². The lowest BCUT2D eigenvalue weighted by Crippen LogP contribution is -2.38. The maximum absolute atomic E-state index is 12.6. The van der Waals surface area contributed by atoms with Crippen LogP contribution in [-0.4, -0.2) is 238 Å². The highest BCUT2D eigenvalue weighted by molar-refractivity contribution is 8.05. The van der Waals surface area contributed by atoms with Crippen molar-refractivity contribution in [3.63, 3.8) is 0 Å². The number of halogens is 14. The topological polar surface area (TPSA) is 753 Å². The number of nitrogens with one attached hydrogen (secondary N) is 4. The largest absolute Gasteiger partial charge is 0.492 e. The zero-order chi connectivity index (χ0) is 87.8. The average Bonchev–Trinajstić information content (AvgIpc) is 1.41. The van der Waals surface area contributed by atoms with Crippen LogP contribution in [0.2, 0.25) is 0 Å². The number of alkyl halides is 12. The Morgan fingerprint density at radius 1 is 0.409 bits per heavy atom. The van der Waals surface area contributed by atoms with Gasteiger partial charge in [0.25, 0.3) is 22.2 Å². The van der Waals surface area contributed by atoms with Gasteiger partial charge in [-0.05, 0) is 22.5 Å². The Labute approximate surface area is 631 Å². The average molecular weight is 1880 g/mol. The third-order valence-electron chi connectivity index (χ3n) is 14.6. The van der Waals surface area contributed by atoms with E-state index in [4.69, 9.17) is 71.0 Å². The second-order valence-corrected chi connectivity index (χ2v) is 37.0. The molecule has 0 spiro atoms. The van der Waals surface area contributed by atoms with Crippen molar-refractivity contribution < 1.29 is 214 Å². The molecule has 0 saturated carbocycles. The standard InChI is InChI=1S/C11H12Cl2F3N2O7P.C11H16F3N2O15P3.C11H14F3N2O14P3.C11H13F3N2O6/c12-26(13,23)24-2-5-6(19)7(20)8(25-5)4-1-18(3-11(14,15)16)10(22)17-9(4)21;12-11(13,14)3-16-1-4(9(19)15-10(16)20)8-7(18)6(17)5(29-8)2-28-33(24,25)31-34(26,27)30-32(21,22)23;12-11(13,14)3-16-1-4(9(19)15-10(16)20)8-7(18)6(17)5(27-8)2-26-33(25)29-31(21,22)28-32(23,24)30-33;12-11(13,14)3-16-1-4(9(20)15-10(16)21)8-7(19)6(18)5(2-17)22-8/h1,5-8,19-20H,2-3H2,(H,17,21,22);1,5-8,17-18H,2-3H2,(H,24,25)(H,26,27)(H,15,19,20)(H2,21,22,23);1,5-8,17-18H,2-3H2,(H,21,22)(H,23,24)(H,15,19,20);1,5-8,17-19H,2-3H2,(H,15,20,21)/t4*5-,6?,7+,8+/m1111/s1. The van der Waals surface area contributed by atoms with Crippen molar-refractivity contribution in [2.75, 3.05) is 26.4 Å². The van der Waals surface area contributed by atoms with E-state index in [0.29, 0.717) is 24.8 Å². The van der Waals surface area contributed by atoms with E-state index in [0.717, 1.165) is 0 Å². The first-order valence-corrected chi connectivity index (χ1v) is 42.2. The number of rotatable bonds is 22. The van der Waals surface area contributed by atoms with Crippen molar-refractivity contribution in [1.82, 2.24) is 38.2 Å². The first-order chi connectivity index (χ1) is 52.0. The number of phosphoric acid groups is 6. The molecule has 19 N–H and O–H groups in total. The second kappa shape index (κ2) is 37.1. The van der Waals surface area contributed by atoms with Crippen LogP contribution in [0.3, 0.4) is 0 Å². The smallest absolute Gasteiger partial charge is 0.394 e. The van der Waals surface area contributed by atoms with Gasteiger partial charge in [-0.3, -0.25) is 71.0 Å². The van der Waals surface area contributed by atoms with E-state index < -0.39 is 295 Å². The lowest BCUT2D eigenvalue weighted by molar-refractivity contribution is -0.142. The summed E-state index contributed by atoms with van der Waals surface area (Å²) in [5.41, 5.74) is -12.5. The van der Waals surface area contributed by atoms with Gasteiger partial charge in [0.2, 0.25) is 0 Å². The van der Waals surface area contributed by atoms with E-state index in [1.807, 2.05) is 0 Å². The fourth-order valence-electron chi connectivity index (χ4n) is 10.0. The minimum absolute atomic E-state index is 0.0403. The van der Waals surface area contributed by atoms with Gasteiger partial charge in [-0.15, -0.1) is 0 Å². The molecule has 0 bridgehead atoms. The van der Waals surface area contributed by atoms with Crippen LogP contribution in [0.25, 0.3) is 0 Å². The van der Waals surface area contributed by atoms with Gasteiger partial charge in [-0.25, -0.2) is 46.6 Å². The Hall–Kier alpha value is -5.01. The summed E-state index contributed by atoms with van der Waals surface area (Å²) in [7, 11) is -33.1. The molecule has 0 aromatic carbocycles. The normalized spacial score (nSPS) is 31.1. The van der Waals surface area contributed by atoms with Crippen molar-refractivity contribution in [2.24, 2.45) is 0 Å². The lowest BCUT2D eigenvalue weighted by atomic mass is 10.0. The first kappa shape index (κ1) is 98.8. The van der Waals surface area contributed by atoms with E-state index in [9.17, 15) is 169 Å². The molecule has 4 aromatic rings. The van der Waals surface area contributed by atoms with Crippen LogP contribution in [0.15, 0.2) is 63.1 Å².